The monoisotopic (exact) mass is 286 g/mol. The molecule has 4 atom stereocenters. The third kappa shape index (κ3) is 3.01. The predicted molar refractivity (Wildman–Crippen MR) is 77.1 cm³/mol. The van der Waals surface area contributed by atoms with Crippen LogP contribution in [-0.4, -0.2) is 5.11 Å². The SMILES string of the molecule is CC1CCC(C(O)c2cc(Cl)ccc2Cl)CC1C. The van der Waals surface area contributed by atoms with Gasteiger partial charge in [0.15, 0.2) is 0 Å². The normalized spacial score (nSPS) is 30.2. The summed E-state index contributed by atoms with van der Waals surface area (Å²) in [6.07, 6.45) is 2.81. The summed E-state index contributed by atoms with van der Waals surface area (Å²) in [7, 11) is 0. The van der Waals surface area contributed by atoms with Crippen LogP contribution < -0.4 is 0 Å². The molecule has 1 N–H and O–H groups in total. The van der Waals surface area contributed by atoms with Crippen LogP contribution in [0.2, 0.25) is 10.0 Å². The third-order valence-corrected chi connectivity index (χ3v) is 4.94. The Morgan fingerprint density at radius 2 is 1.89 bits per heavy atom. The minimum Gasteiger partial charge on any atom is -0.388 e. The molecule has 0 aromatic heterocycles. The Kier molecular flexibility index (Phi) is 4.58. The van der Waals surface area contributed by atoms with Crippen molar-refractivity contribution in [2.45, 2.75) is 39.2 Å². The van der Waals surface area contributed by atoms with Crippen molar-refractivity contribution < 1.29 is 5.11 Å². The molecule has 0 spiro atoms. The summed E-state index contributed by atoms with van der Waals surface area (Å²) in [6, 6.07) is 5.31. The minimum atomic E-state index is -0.494. The lowest BCUT2D eigenvalue weighted by atomic mass is 9.73. The largest absolute Gasteiger partial charge is 0.388 e. The second kappa shape index (κ2) is 5.81. The van der Waals surface area contributed by atoms with Crippen LogP contribution in [0.4, 0.5) is 0 Å². The Labute approximate surface area is 119 Å². The molecule has 100 valence electrons. The molecular formula is C15H20Cl2O. The van der Waals surface area contributed by atoms with Crippen molar-refractivity contribution >= 4 is 23.2 Å². The Bertz CT molecular complexity index is 419. The first kappa shape index (κ1) is 14.2. The average Bonchev–Trinajstić information content (AvgIpc) is 2.35. The summed E-state index contributed by atoms with van der Waals surface area (Å²) in [6.45, 7) is 4.56. The number of aliphatic hydroxyl groups excluding tert-OH is 1. The van der Waals surface area contributed by atoms with Gasteiger partial charge in [-0.3, -0.25) is 0 Å². The van der Waals surface area contributed by atoms with Crippen LogP contribution in [0, 0.1) is 17.8 Å². The van der Waals surface area contributed by atoms with Gasteiger partial charge in [0.2, 0.25) is 0 Å². The lowest BCUT2D eigenvalue weighted by molar-refractivity contribution is 0.0562. The molecule has 1 aliphatic rings. The molecule has 0 amide bonds. The van der Waals surface area contributed by atoms with Crippen LogP contribution in [0.3, 0.4) is 0 Å². The number of hydrogen-bond acceptors (Lipinski definition) is 1. The molecule has 0 saturated heterocycles. The van der Waals surface area contributed by atoms with Crippen LogP contribution in [0.15, 0.2) is 18.2 Å². The number of aliphatic hydroxyl groups is 1. The fraction of sp³-hybridized carbons (Fsp3) is 0.600. The highest BCUT2D eigenvalue weighted by Crippen LogP contribution is 2.41. The summed E-state index contributed by atoms with van der Waals surface area (Å²) in [5.41, 5.74) is 0.774. The molecule has 1 aromatic carbocycles. The zero-order valence-corrected chi connectivity index (χ0v) is 12.4. The average molecular weight is 287 g/mol. The third-order valence-electron chi connectivity index (χ3n) is 4.36. The first-order valence-electron chi connectivity index (χ1n) is 6.62. The Morgan fingerprint density at radius 1 is 1.17 bits per heavy atom. The zero-order valence-electron chi connectivity index (χ0n) is 10.9. The van der Waals surface area contributed by atoms with Crippen molar-refractivity contribution in [1.29, 1.82) is 0 Å². The van der Waals surface area contributed by atoms with E-state index in [1.54, 1.807) is 18.2 Å². The van der Waals surface area contributed by atoms with Gasteiger partial charge in [-0.25, -0.2) is 0 Å². The molecule has 1 nitrogen and oxygen atoms in total. The molecule has 1 fully saturated rings. The maximum Gasteiger partial charge on any atom is 0.0833 e. The first-order chi connectivity index (χ1) is 8.49. The highest BCUT2D eigenvalue weighted by Gasteiger charge is 2.30. The summed E-state index contributed by atoms with van der Waals surface area (Å²) in [4.78, 5) is 0. The molecule has 3 heteroatoms. The van der Waals surface area contributed by atoms with Crippen molar-refractivity contribution in [1.82, 2.24) is 0 Å². The summed E-state index contributed by atoms with van der Waals surface area (Å²) >= 11 is 12.1. The smallest absolute Gasteiger partial charge is 0.0833 e. The maximum absolute atomic E-state index is 10.5. The van der Waals surface area contributed by atoms with Crippen molar-refractivity contribution in [3.63, 3.8) is 0 Å². The Balaban J connectivity index is 2.16. The second-order valence-electron chi connectivity index (χ2n) is 5.64. The van der Waals surface area contributed by atoms with Crippen LogP contribution in [0.25, 0.3) is 0 Å². The van der Waals surface area contributed by atoms with Gasteiger partial charge in [-0.1, -0.05) is 43.5 Å². The minimum absolute atomic E-state index is 0.298. The van der Waals surface area contributed by atoms with E-state index in [1.165, 1.54) is 6.42 Å². The lowest BCUT2D eigenvalue weighted by Gasteiger charge is -2.35. The molecule has 0 aliphatic heterocycles. The van der Waals surface area contributed by atoms with Gasteiger partial charge in [0.25, 0.3) is 0 Å². The quantitative estimate of drug-likeness (QED) is 0.802. The maximum atomic E-state index is 10.5. The fourth-order valence-electron chi connectivity index (χ4n) is 2.87. The fourth-order valence-corrected chi connectivity index (χ4v) is 3.28. The summed E-state index contributed by atoms with van der Waals surface area (Å²) in [5.74, 6) is 1.71. The predicted octanol–water partition coefficient (Wildman–Crippen LogP) is 5.10. The van der Waals surface area contributed by atoms with Gasteiger partial charge in [0.1, 0.15) is 0 Å². The van der Waals surface area contributed by atoms with Gasteiger partial charge in [0, 0.05) is 15.6 Å². The number of benzene rings is 1. The van der Waals surface area contributed by atoms with Crippen molar-refractivity contribution in [3.8, 4) is 0 Å². The summed E-state index contributed by atoms with van der Waals surface area (Å²) < 4.78 is 0. The molecular weight excluding hydrogens is 267 g/mol. The zero-order chi connectivity index (χ0) is 13.3. The van der Waals surface area contributed by atoms with Gasteiger partial charge < -0.3 is 5.11 Å². The molecule has 4 unspecified atom stereocenters. The van der Waals surface area contributed by atoms with E-state index in [0.717, 1.165) is 24.3 Å². The number of hydrogen-bond donors (Lipinski definition) is 1. The molecule has 1 saturated carbocycles. The van der Waals surface area contributed by atoms with E-state index in [-0.39, 0.29) is 0 Å². The van der Waals surface area contributed by atoms with E-state index >= 15 is 0 Å². The van der Waals surface area contributed by atoms with E-state index in [9.17, 15) is 5.11 Å². The molecule has 0 bridgehead atoms. The molecule has 18 heavy (non-hydrogen) atoms. The van der Waals surface area contributed by atoms with E-state index in [0.29, 0.717) is 21.9 Å². The number of halogens is 2. The first-order valence-corrected chi connectivity index (χ1v) is 7.37. The van der Waals surface area contributed by atoms with Gasteiger partial charge in [0.05, 0.1) is 6.10 Å². The summed E-state index contributed by atoms with van der Waals surface area (Å²) in [5, 5.41) is 11.8. The Morgan fingerprint density at radius 3 is 2.56 bits per heavy atom. The Hall–Kier alpha value is -0.240. The molecule has 1 aliphatic carbocycles. The van der Waals surface area contributed by atoms with Crippen LogP contribution in [-0.2, 0) is 0 Å². The van der Waals surface area contributed by atoms with E-state index in [1.807, 2.05) is 0 Å². The van der Waals surface area contributed by atoms with E-state index in [4.69, 9.17) is 23.2 Å². The van der Waals surface area contributed by atoms with Gasteiger partial charge >= 0.3 is 0 Å². The van der Waals surface area contributed by atoms with Crippen LogP contribution in [0.1, 0.15) is 44.8 Å². The second-order valence-corrected chi connectivity index (χ2v) is 6.48. The highest BCUT2D eigenvalue weighted by molar-refractivity contribution is 6.33. The molecule has 2 rings (SSSR count). The van der Waals surface area contributed by atoms with Gasteiger partial charge in [-0.2, -0.15) is 0 Å². The van der Waals surface area contributed by atoms with Gasteiger partial charge in [-0.15, -0.1) is 0 Å². The molecule has 0 heterocycles. The topological polar surface area (TPSA) is 20.2 Å². The molecule has 0 radical (unpaired) electrons. The lowest BCUT2D eigenvalue weighted by Crippen LogP contribution is -2.25. The van der Waals surface area contributed by atoms with Crippen molar-refractivity contribution in [2.24, 2.45) is 17.8 Å². The number of rotatable bonds is 2. The van der Waals surface area contributed by atoms with E-state index in [2.05, 4.69) is 13.8 Å². The van der Waals surface area contributed by atoms with Crippen molar-refractivity contribution in [3.05, 3.63) is 33.8 Å². The van der Waals surface area contributed by atoms with Crippen molar-refractivity contribution in [2.75, 3.05) is 0 Å². The standard InChI is InChI=1S/C15H20Cl2O/c1-9-3-4-11(7-10(9)2)15(18)13-8-12(16)5-6-14(13)17/h5-6,8-11,15,18H,3-4,7H2,1-2H3. The van der Waals surface area contributed by atoms with Gasteiger partial charge in [-0.05, 0) is 48.8 Å². The van der Waals surface area contributed by atoms with Crippen LogP contribution >= 0.6 is 23.2 Å². The van der Waals surface area contributed by atoms with Crippen LogP contribution in [0.5, 0.6) is 0 Å². The van der Waals surface area contributed by atoms with E-state index < -0.39 is 6.10 Å². The molecule has 1 aromatic rings. The highest BCUT2D eigenvalue weighted by atomic mass is 35.5.